The van der Waals surface area contributed by atoms with Crippen LogP contribution in [-0.2, 0) is 16.1 Å². The van der Waals surface area contributed by atoms with E-state index in [-0.39, 0.29) is 11.8 Å². The molecule has 44 heavy (non-hydrogen) atoms. The second kappa shape index (κ2) is 14.4. The molecular weight excluding hydrogens is 609 g/mol. The number of hydrogen-bond donors (Lipinski definition) is 2. The van der Waals surface area contributed by atoms with E-state index < -0.39 is 12.1 Å². The normalized spacial score (nSPS) is 16.6. The smallest absolute Gasteiger partial charge is 0.475 e. The Bertz CT molecular complexity index is 1460. The molecule has 0 saturated carbocycles. The molecule has 2 aliphatic rings. The number of carbonyl (C=O) groups is 3. The number of carboxylic acid groups (broad SMARTS) is 1. The summed E-state index contributed by atoms with van der Waals surface area (Å²) in [5.74, 6) is -2.25. The van der Waals surface area contributed by atoms with Gasteiger partial charge >= 0.3 is 12.1 Å². The van der Waals surface area contributed by atoms with Gasteiger partial charge in [0.25, 0.3) is 5.91 Å². The number of amides is 2. The van der Waals surface area contributed by atoms with E-state index in [0.29, 0.717) is 55.3 Å². The first kappa shape index (κ1) is 32.5. The zero-order valence-electron chi connectivity index (χ0n) is 23.6. The average molecular weight is 639 g/mol. The van der Waals surface area contributed by atoms with E-state index in [1.54, 1.807) is 19.1 Å². The van der Waals surface area contributed by atoms with Crippen molar-refractivity contribution >= 4 is 35.5 Å². The van der Waals surface area contributed by atoms with Crippen molar-refractivity contribution in [3.8, 4) is 0 Å². The third-order valence-electron chi connectivity index (χ3n) is 7.15. The summed E-state index contributed by atoms with van der Waals surface area (Å²) >= 11 is 6.20. The molecule has 4 heterocycles. The number of carbonyl (C=O) groups excluding carboxylic acids is 2. The van der Waals surface area contributed by atoms with Crippen LogP contribution in [0.2, 0.25) is 5.02 Å². The zero-order chi connectivity index (χ0) is 31.9. The van der Waals surface area contributed by atoms with Crippen molar-refractivity contribution in [2.24, 2.45) is 0 Å². The van der Waals surface area contributed by atoms with E-state index in [2.05, 4.69) is 35.7 Å². The van der Waals surface area contributed by atoms with E-state index in [4.69, 9.17) is 21.5 Å². The molecule has 0 spiro atoms. The van der Waals surface area contributed by atoms with Crippen molar-refractivity contribution in [1.29, 1.82) is 0 Å². The first-order chi connectivity index (χ1) is 20.9. The lowest BCUT2D eigenvalue weighted by atomic mass is 10.0. The fraction of sp³-hybridized carbons (Fsp3) is 0.462. The number of halogens is 4. The summed E-state index contributed by atoms with van der Waals surface area (Å²) in [7, 11) is 0. The molecule has 236 valence electrons. The first-order valence-corrected chi connectivity index (χ1v) is 14.0. The number of nitrogens with zero attached hydrogens (tertiary/aromatic N) is 9. The van der Waals surface area contributed by atoms with Crippen molar-refractivity contribution < 1.29 is 32.7 Å². The Kier molecular flexibility index (Phi) is 10.6. The summed E-state index contributed by atoms with van der Waals surface area (Å²) < 4.78 is 31.7. The first-order valence-electron chi connectivity index (χ1n) is 13.6. The van der Waals surface area contributed by atoms with Gasteiger partial charge in [0.15, 0.2) is 11.5 Å². The fourth-order valence-electron chi connectivity index (χ4n) is 4.89. The SMILES string of the molecule is Cc1nnn(Cc2cc(Cl)ccc2/C=C/C(=O)N2CCN(C3CCN(C(=O)c4cn[nH]n4)CC3)CC2)n1.O=C(O)C(F)(F)F. The number of nitrogens with one attached hydrogen (secondary N) is 1. The van der Waals surface area contributed by atoms with E-state index in [9.17, 15) is 22.8 Å². The Hall–Kier alpha value is -4.38. The summed E-state index contributed by atoms with van der Waals surface area (Å²) in [6.07, 6.45) is 1.65. The van der Waals surface area contributed by atoms with Crippen LogP contribution in [0.15, 0.2) is 30.5 Å². The van der Waals surface area contributed by atoms with Gasteiger partial charge in [-0.2, -0.15) is 33.4 Å². The standard InChI is InChI=1S/C24H29ClN10O2.C2HF3O2/c1-17-27-31-35(29-17)16-19-14-20(25)4-2-18(19)3-5-23(36)33-12-10-32(11-13-33)21-6-8-34(9-7-21)24(37)22-15-26-30-28-22;3-2(4,5)1(6)7/h2-5,14-15,21H,6-13,16H2,1H3,(H,26,28,30);(H,6,7)/b5-3+;. The number of piperazine rings is 1. The van der Waals surface area contributed by atoms with Gasteiger partial charge in [0.2, 0.25) is 5.91 Å². The van der Waals surface area contributed by atoms with Gasteiger partial charge in [-0.25, -0.2) is 4.79 Å². The minimum Gasteiger partial charge on any atom is -0.475 e. The van der Waals surface area contributed by atoms with Crippen LogP contribution in [0, 0.1) is 6.92 Å². The second-order valence-corrected chi connectivity index (χ2v) is 10.5. The van der Waals surface area contributed by atoms with Crippen molar-refractivity contribution in [2.45, 2.75) is 38.5 Å². The number of aromatic amines is 1. The van der Waals surface area contributed by atoms with E-state index in [1.165, 1.54) is 11.0 Å². The molecule has 1 aromatic carbocycles. The van der Waals surface area contributed by atoms with Gasteiger partial charge in [-0.3, -0.25) is 14.5 Å². The molecule has 2 aliphatic heterocycles. The number of tetrazole rings is 1. The lowest BCUT2D eigenvalue weighted by Gasteiger charge is -2.42. The van der Waals surface area contributed by atoms with E-state index >= 15 is 0 Å². The molecule has 3 aromatic rings. The number of aryl methyl sites for hydroxylation is 1. The zero-order valence-corrected chi connectivity index (χ0v) is 24.4. The molecule has 2 fully saturated rings. The Morgan fingerprint density at radius 2 is 1.77 bits per heavy atom. The van der Waals surface area contributed by atoms with E-state index in [1.807, 2.05) is 28.0 Å². The average Bonchev–Trinajstić information content (AvgIpc) is 3.68. The second-order valence-electron chi connectivity index (χ2n) is 10.1. The lowest BCUT2D eigenvalue weighted by Crippen LogP contribution is -2.54. The number of aromatic nitrogens is 7. The van der Waals surface area contributed by atoms with Crippen molar-refractivity contribution in [2.75, 3.05) is 39.3 Å². The Labute approximate surface area is 254 Å². The molecule has 18 heteroatoms. The molecule has 5 rings (SSSR count). The molecule has 0 bridgehead atoms. The Balaban J connectivity index is 0.000000566. The topological polar surface area (TPSA) is 166 Å². The number of carboxylic acids is 1. The lowest BCUT2D eigenvalue weighted by molar-refractivity contribution is -0.192. The molecule has 0 atom stereocenters. The molecule has 0 unspecified atom stereocenters. The summed E-state index contributed by atoms with van der Waals surface area (Å²) in [6.45, 7) is 6.60. The maximum Gasteiger partial charge on any atom is 0.490 e. The molecule has 0 radical (unpaired) electrons. The van der Waals surface area contributed by atoms with Gasteiger partial charge in [-0.05, 0) is 54.3 Å². The van der Waals surface area contributed by atoms with Crippen LogP contribution >= 0.6 is 11.6 Å². The number of H-pyrrole nitrogens is 1. The van der Waals surface area contributed by atoms with Gasteiger partial charge in [-0.15, -0.1) is 10.2 Å². The number of piperidine rings is 1. The van der Waals surface area contributed by atoms with Crippen LogP contribution in [0.25, 0.3) is 6.08 Å². The number of benzene rings is 1. The summed E-state index contributed by atoms with van der Waals surface area (Å²) in [5, 5.41) is 30.0. The number of aliphatic carboxylic acids is 1. The highest BCUT2D eigenvalue weighted by Gasteiger charge is 2.38. The van der Waals surface area contributed by atoms with Crippen LogP contribution in [0.3, 0.4) is 0 Å². The largest absolute Gasteiger partial charge is 0.490 e. The van der Waals surface area contributed by atoms with Gasteiger partial charge in [0.1, 0.15) is 0 Å². The maximum absolute atomic E-state index is 12.9. The fourth-order valence-corrected chi connectivity index (χ4v) is 5.09. The number of likely N-dealkylation sites (tertiary alicyclic amines) is 1. The molecule has 2 amide bonds. The van der Waals surface area contributed by atoms with Crippen molar-refractivity contribution in [1.82, 2.24) is 50.3 Å². The Morgan fingerprint density at radius 1 is 1.09 bits per heavy atom. The molecule has 0 aliphatic carbocycles. The quantitative estimate of drug-likeness (QED) is 0.381. The van der Waals surface area contributed by atoms with Crippen LogP contribution in [0.4, 0.5) is 13.2 Å². The maximum atomic E-state index is 12.9. The Morgan fingerprint density at radius 3 is 2.34 bits per heavy atom. The third kappa shape index (κ3) is 8.82. The monoisotopic (exact) mass is 638 g/mol. The van der Waals surface area contributed by atoms with Crippen LogP contribution in [-0.4, -0.2) is 125 Å². The van der Waals surface area contributed by atoms with Crippen LogP contribution < -0.4 is 0 Å². The van der Waals surface area contributed by atoms with Gasteiger partial charge in [0.05, 0.1) is 12.7 Å². The summed E-state index contributed by atoms with van der Waals surface area (Å²) in [6, 6.07) is 5.97. The van der Waals surface area contributed by atoms with E-state index in [0.717, 1.165) is 37.1 Å². The van der Waals surface area contributed by atoms with Gasteiger partial charge < -0.3 is 14.9 Å². The highest BCUT2D eigenvalue weighted by atomic mass is 35.5. The van der Waals surface area contributed by atoms with Crippen molar-refractivity contribution in [3.05, 3.63) is 58.1 Å². The molecule has 2 N–H and O–H groups in total. The predicted molar refractivity (Wildman–Crippen MR) is 149 cm³/mol. The number of hydrogen-bond acceptors (Lipinski definition) is 9. The highest BCUT2D eigenvalue weighted by molar-refractivity contribution is 6.30. The van der Waals surface area contributed by atoms with Crippen molar-refractivity contribution in [3.63, 3.8) is 0 Å². The van der Waals surface area contributed by atoms with Gasteiger partial charge in [0, 0.05) is 56.4 Å². The summed E-state index contributed by atoms with van der Waals surface area (Å²) in [4.78, 5) is 42.0. The number of alkyl halides is 3. The highest BCUT2D eigenvalue weighted by Crippen LogP contribution is 2.21. The summed E-state index contributed by atoms with van der Waals surface area (Å²) in [5.41, 5.74) is 2.15. The third-order valence-corrected chi connectivity index (χ3v) is 7.38. The van der Waals surface area contributed by atoms with Gasteiger partial charge in [-0.1, -0.05) is 17.7 Å². The minimum absolute atomic E-state index is 0.0108. The molecular formula is C26H30ClF3N10O4. The van der Waals surface area contributed by atoms with Crippen LogP contribution in [0.5, 0.6) is 0 Å². The number of rotatable bonds is 6. The minimum atomic E-state index is -5.08. The molecule has 2 saturated heterocycles. The predicted octanol–water partition coefficient (Wildman–Crippen LogP) is 1.90. The molecule has 2 aromatic heterocycles. The molecule has 14 nitrogen and oxygen atoms in total. The van der Waals surface area contributed by atoms with Crippen LogP contribution in [0.1, 0.15) is 40.3 Å².